The van der Waals surface area contributed by atoms with Crippen LogP contribution in [0.25, 0.3) is 10.9 Å². The number of aromatic nitrogens is 4. The van der Waals surface area contributed by atoms with Crippen molar-refractivity contribution in [2.75, 3.05) is 50.2 Å². The quantitative estimate of drug-likeness (QED) is 0.714. The lowest BCUT2D eigenvalue weighted by Gasteiger charge is -2.34. The molecule has 1 aromatic carbocycles. The van der Waals surface area contributed by atoms with Crippen molar-refractivity contribution in [2.45, 2.75) is 6.92 Å². The van der Waals surface area contributed by atoms with Gasteiger partial charge < -0.3 is 24.3 Å². The Morgan fingerprint density at radius 2 is 1.78 bits per heavy atom. The second-order valence-electron chi connectivity index (χ2n) is 6.41. The summed E-state index contributed by atoms with van der Waals surface area (Å²) in [5, 5.41) is 0.519. The van der Waals surface area contributed by atoms with Gasteiger partial charge in [0.15, 0.2) is 11.5 Å². The lowest BCUT2D eigenvalue weighted by Crippen LogP contribution is -2.47. The highest BCUT2D eigenvalue weighted by atomic mass is 16.5. The molecule has 4 rings (SSSR count). The number of hydrogen-bond donors (Lipinski definition) is 2. The summed E-state index contributed by atoms with van der Waals surface area (Å²) < 4.78 is 10.8. The van der Waals surface area contributed by atoms with Crippen LogP contribution in [0.2, 0.25) is 0 Å². The van der Waals surface area contributed by atoms with Crippen LogP contribution in [0.1, 0.15) is 5.56 Å². The first-order valence-electron chi connectivity index (χ1n) is 8.77. The van der Waals surface area contributed by atoms with E-state index in [0.717, 1.165) is 37.7 Å². The number of aryl methyl sites for hydroxylation is 1. The molecule has 0 saturated carbocycles. The van der Waals surface area contributed by atoms with Crippen LogP contribution < -0.4 is 24.8 Å². The van der Waals surface area contributed by atoms with Gasteiger partial charge in [-0.3, -0.25) is 9.78 Å². The Kier molecular flexibility index (Phi) is 4.35. The highest BCUT2D eigenvalue weighted by molar-refractivity contribution is 5.86. The van der Waals surface area contributed by atoms with Gasteiger partial charge in [0.1, 0.15) is 0 Å². The molecule has 0 bridgehead atoms. The summed E-state index contributed by atoms with van der Waals surface area (Å²) in [6.07, 6.45) is 3.56. The second kappa shape index (κ2) is 6.82. The molecule has 0 radical (unpaired) electrons. The van der Waals surface area contributed by atoms with E-state index in [2.05, 4.69) is 29.7 Å². The number of rotatable bonds is 4. The molecule has 9 nitrogen and oxygen atoms in total. The molecule has 0 amide bonds. The van der Waals surface area contributed by atoms with Crippen LogP contribution in [0.5, 0.6) is 11.5 Å². The van der Waals surface area contributed by atoms with Gasteiger partial charge in [-0.25, -0.2) is 9.97 Å². The van der Waals surface area contributed by atoms with Crippen molar-refractivity contribution in [1.82, 2.24) is 19.9 Å². The Labute approximate surface area is 155 Å². The number of imidazole rings is 1. The minimum atomic E-state index is -0.179. The number of H-pyrrole nitrogens is 2. The predicted molar refractivity (Wildman–Crippen MR) is 103 cm³/mol. The van der Waals surface area contributed by atoms with Gasteiger partial charge in [-0.15, -0.1) is 0 Å². The normalized spacial score (nSPS) is 14.6. The Morgan fingerprint density at radius 3 is 2.37 bits per heavy atom. The Morgan fingerprint density at radius 1 is 1.07 bits per heavy atom. The van der Waals surface area contributed by atoms with E-state index in [1.807, 2.05) is 13.1 Å². The summed E-state index contributed by atoms with van der Waals surface area (Å²) >= 11 is 0. The summed E-state index contributed by atoms with van der Waals surface area (Å²) in [6.45, 7) is 4.89. The van der Waals surface area contributed by atoms with E-state index in [9.17, 15) is 4.79 Å². The van der Waals surface area contributed by atoms with Crippen LogP contribution in [-0.2, 0) is 0 Å². The van der Waals surface area contributed by atoms with E-state index >= 15 is 0 Å². The van der Waals surface area contributed by atoms with Crippen molar-refractivity contribution < 1.29 is 9.47 Å². The van der Waals surface area contributed by atoms with E-state index < -0.39 is 0 Å². The molecular formula is C18H22N6O3. The monoisotopic (exact) mass is 370 g/mol. The molecule has 0 atom stereocenters. The molecule has 2 N–H and O–H groups in total. The lowest BCUT2D eigenvalue weighted by molar-refractivity contribution is 0.354. The van der Waals surface area contributed by atoms with Crippen molar-refractivity contribution in [3.8, 4) is 11.5 Å². The fraction of sp³-hybridized carbons (Fsp3) is 0.389. The second-order valence-corrected chi connectivity index (χ2v) is 6.41. The zero-order valence-electron chi connectivity index (χ0n) is 15.6. The molecule has 27 heavy (non-hydrogen) atoms. The summed E-state index contributed by atoms with van der Waals surface area (Å²) in [6, 6.07) is 1.75. The van der Waals surface area contributed by atoms with Crippen molar-refractivity contribution in [2.24, 2.45) is 0 Å². The molecule has 1 aliphatic rings. The third-order valence-electron chi connectivity index (χ3n) is 4.93. The molecule has 2 aromatic heterocycles. The zero-order valence-corrected chi connectivity index (χ0v) is 15.6. The highest BCUT2D eigenvalue weighted by Gasteiger charge is 2.22. The van der Waals surface area contributed by atoms with Gasteiger partial charge in [0, 0.05) is 50.2 Å². The van der Waals surface area contributed by atoms with Gasteiger partial charge in [0.05, 0.1) is 25.1 Å². The molecular weight excluding hydrogens is 348 g/mol. The van der Waals surface area contributed by atoms with Gasteiger partial charge in [-0.1, -0.05) is 0 Å². The maximum Gasteiger partial charge on any atom is 0.260 e. The van der Waals surface area contributed by atoms with Crippen LogP contribution in [0, 0.1) is 6.92 Å². The zero-order chi connectivity index (χ0) is 19.0. The molecule has 3 heterocycles. The lowest BCUT2D eigenvalue weighted by atomic mass is 10.1. The molecule has 1 aliphatic heterocycles. The van der Waals surface area contributed by atoms with Crippen molar-refractivity contribution >= 4 is 22.8 Å². The first kappa shape index (κ1) is 17.2. The van der Waals surface area contributed by atoms with Crippen LogP contribution in [0.15, 0.2) is 23.3 Å². The molecule has 9 heteroatoms. The van der Waals surface area contributed by atoms with Crippen molar-refractivity contribution in [3.05, 3.63) is 34.4 Å². The minimum absolute atomic E-state index is 0.179. The average molecular weight is 370 g/mol. The molecule has 1 saturated heterocycles. The Bertz CT molecular complexity index is 1010. The average Bonchev–Trinajstić information content (AvgIpc) is 3.22. The number of aromatic amines is 2. The van der Waals surface area contributed by atoms with Crippen molar-refractivity contribution in [1.29, 1.82) is 0 Å². The first-order valence-corrected chi connectivity index (χ1v) is 8.77. The number of nitrogens with one attached hydrogen (secondary N) is 2. The number of piperazine rings is 1. The van der Waals surface area contributed by atoms with Gasteiger partial charge in [-0.2, -0.15) is 0 Å². The van der Waals surface area contributed by atoms with E-state index in [1.165, 1.54) is 0 Å². The molecule has 0 unspecified atom stereocenters. The number of nitrogens with zero attached hydrogens (tertiary/aromatic N) is 4. The number of hydrogen-bond acceptors (Lipinski definition) is 7. The minimum Gasteiger partial charge on any atom is -0.493 e. The maximum absolute atomic E-state index is 12.7. The number of methoxy groups -OCH3 is 2. The van der Waals surface area contributed by atoms with Crippen LogP contribution in [0.4, 0.5) is 11.9 Å². The maximum atomic E-state index is 12.7. The first-order chi connectivity index (χ1) is 13.1. The van der Waals surface area contributed by atoms with Crippen LogP contribution in [-0.4, -0.2) is 60.3 Å². The number of ether oxygens (including phenoxy) is 2. The largest absolute Gasteiger partial charge is 0.493 e. The SMILES string of the molecule is COc1cc2nc(N3CCN(c4ncc[nH]4)CC3)[nH]c(=O)c2c(C)c1OC. The predicted octanol–water partition coefficient (Wildman–Crippen LogP) is 1.30. The van der Waals surface area contributed by atoms with Gasteiger partial charge in [0.2, 0.25) is 11.9 Å². The number of benzene rings is 1. The highest BCUT2D eigenvalue weighted by Crippen LogP contribution is 2.35. The van der Waals surface area contributed by atoms with Crippen molar-refractivity contribution in [3.63, 3.8) is 0 Å². The van der Waals surface area contributed by atoms with Crippen LogP contribution >= 0.6 is 0 Å². The Balaban J connectivity index is 1.66. The van der Waals surface area contributed by atoms with E-state index in [0.29, 0.717) is 28.4 Å². The topological polar surface area (TPSA) is 99.4 Å². The smallest absolute Gasteiger partial charge is 0.260 e. The summed E-state index contributed by atoms with van der Waals surface area (Å²) in [4.78, 5) is 32.0. The van der Waals surface area contributed by atoms with Gasteiger partial charge >= 0.3 is 0 Å². The molecule has 1 fully saturated rings. The van der Waals surface area contributed by atoms with E-state index in [1.54, 1.807) is 26.5 Å². The molecule has 142 valence electrons. The van der Waals surface area contributed by atoms with Crippen LogP contribution in [0.3, 0.4) is 0 Å². The summed E-state index contributed by atoms with van der Waals surface area (Å²) in [7, 11) is 3.14. The molecule has 0 spiro atoms. The standard InChI is InChI=1S/C18H22N6O3/c1-11-14-12(10-13(26-2)15(11)27-3)21-18(22-16(14)25)24-8-6-23(7-9-24)17-19-4-5-20-17/h4-5,10H,6-9H2,1-3H3,(H,19,20)(H,21,22,25). The van der Waals surface area contributed by atoms with E-state index in [-0.39, 0.29) is 5.56 Å². The third kappa shape index (κ3) is 2.94. The fourth-order valence-electron chi connectivity index (χ4n) is 3.55. The fourth-order valence-corrected chi connectivity index (χ4v) is 3.55. The Hall–Kier alpha value is -3.23. The summed E-state index contributed by atoms with van der Waals surface area (Å²) in [5.41, 5.74) is 1.13. The summed E-state index contributed by atoms with van der Waals surface area (Å²) in [5.74, 6) is 2.55. The van der Waals surface area contributed by atoms with Gasteiger partial charge in [-0.05, 0) is 6.92 Å². The molecule has 0 aliphatic carbocycles. The molecule has 3 aromatic rings. The van der Waals surface area contributed by atoms with Gasteiger partial charge in [0.25, 0.3) is 5.56 Å². The number of anilines is 2. The van der Waals surface area contributed by atoms with E-state index in [4.69, 9.17) is 9.47 Å². The third-order valence-corrected chi connectivity index (χ3v) is 4.93. The number of fused-ring (bicyclic) bond motifs is 1.